The first-order valence-electron chi connectivity index (χ1n) is 4.14. The molecule has 0 bridgehead atoms. The molecule has 0 aliphatic heterocycles. The fourth-order valence-corrected chi connectivity index (χ4v) is 0.802. The van der Waals surface area contributed by atoms with E-state index >= 15 is 0 Å². The fourth-order valence-electron chi connectivity index (χ4n) is 0.802. The van der Waals surface area contributed by atoms with Crippen molar-refractivity contribution in [3.8, 4) is 0 Å². The Balaban J connectivity index is 4.11. The first-order chi connectivity index (χ1) is 5.35. The Labute approximate surface area is 69.5 Å². The van der Waals surface area contributed by atoms with Gasteiger partial charge >= 0.3 is 0 Å². The van der Waals surface area contributed by atoms with Crippen molar-refractivity contribution >= 4 is 6.21 Å². The van der Waals surface area contributed by atoms with Crippen LogP contribution in [0.2, 0.25) is 0 Å². The summed E-state index contributed by atoms with van der Waals surface area (Å²) >= 11 is 0. The minimum absolute atomic E-state index is 1.06. The summed E-state index contributed by atoms with van der Waals surface area (Å²) in [7, 11) is 1.79. The lowest BCUT2D eigenvalue weighted by molar-refractivity contribution is 1.20. The standard InChI is InChI=1S/C10H17N/c1-4-6-8-10(7-5-2)9-11-3/h6-9H,4-5H2,1-3H3/b8-6-,10-7-,11-9?. The van der Waals surface area contributed by atoms with Gasteiger partial charge in [0.25, 0.3) is 0 Å². The second-order valence-corrected chi connectivity index (χ2v) is 2.31. The Morgan fingerprint density at radius 2 is 2.00 bits per heavy atom. The predicted molar refractivity (Wildman–Crippen MR) is 52.2 cm³/mol. The molecule has 0 aromatic carbocycles. The van der Waals surface area contributed by atoms with Crippen LogP contribution in [0, 0.1) is 0 Å². The summed E-state index contributed by atoms with van der Waals surface area (Å²) in [5.41, 5.74) is 1.21. The summed E-state index contributed by atoms with van der Waals surface area (Å²) in [6.07, 6.45) is 10.4. The normalized spacial score (nSPS) is 13.5. The van der Waals surface area contributed by atoms with E-state index in [1.54, 1.807) is 7.05 Å². The van der Waals surface area contributed by atoms with Crippen LogP contribution in [0.3, 0.4) is 0 Å². The molecule has 0 radical (unpaired) electrons. The maximum Gasteiger partial charge on any atom is 0.0278 e. The average Bonchev–Trinajstić information content (AvgIpc) is 2.01. The minimum Gasteiger partial charge on any atom is -0.296 e. The van der Waals surface area contributed by atoms with Gasteiger partial charge in [-0.15, -0.1) is 0 Å². The maximum atomic E-state index is 3.96. The van der Waals surface area contributed by atoms with Crippen molar-refractivity contribution in [1.82, 2.24) is 0 Å². The van der Waals surface area contributed by atoms with Crippen LogP contribution in [0.5, 0.6) is 0 Å². The van der Waals surface area contributed by atoms with Gasteiger partial charge in [-0.25, -0.2) is 0 Å². The third-order valence-corrected chi connectivity index (χ3v) is 1.26. The van der Waals surface area contributed by atoms with E-state index in [1.807, 2.05) is 6.21 Å². The van der Waals surface area contributed by atoms with E-state index in [1.165, 1.54) is 5.57 Å². The molecule has 0 aliphatic rings. The SMILES string of the molecule is CC/C=C\C(C=NC)=C\CC. The third-order valence-electron chi connectivity index (χ3n) is 1.26. The zero-order valence-electron chi connectivity index (χ0n) is 7.67. The lowest BCUT2D eigenvalue weighted by atomic mass is 10.2. The molecule has 1 nitrogen and oxygen atoms in total. The van der Waals surface area contributed by atoms with Crippen LogP contribution in [-0.4, -0.2) is 13.3 Å². The number of hydrogen-bond acceptors (Lipinski definition) is 1. The van der Waals surface area contributed by atoms with E-state index in [4.69, 9.17) is 0 Å². The fraction of sp³-hybridized carbons (Fsp3) is 0.500. The van der Waals surface area contributed by atoms with Crippen LogP contribution in [0.4, 0.5) is 0 Å². The monoisotopic (exact) mass is 151 g/mol. The molecule has 0 unspecified atom stereocenters. The Morgan fingerprint density at radius 3 is 2.45 bits per heavy atom. The molecule has 0 fully saturated rings. The summed E-state index contributed by atoms with van der Waals surface area (Å²) in [4.78, 5) is 3.96. The molecule has 0 N–H and O–H groups in total. The molecular weight excluding hydrogens is 134 g/mol. The van der Waals surface area contributed by atoms with Crippen molar-refractivity contribution in [2.24, 2.45) is 4.99 Å². The summed E-state index contributed by atoms with van der Waals surface area (Å²) in [6.45, 7) is 4.26. The molecule has 0 atom stereocenters. The zero-order valence-corrected chi connectivity index (χ0v) is 7.67. The molecular formula is C10H17N. The van der Waals surface area contributed by atoms with Gasteiger partial charge in [-0.2, -0.15) is 0 Å². The van der Waals surface area contributed by atoms with Crippen molar-refractivity contribution in [3.63, 3.8) is 0 Å². The largest absolute Gasteiger partial charge is 0.296 e. The Morgan fingerprint density at radius 1 is 1.27 bits per heavy atom. The lowest BCUT2D eigenvalue weighted by Crippen LogP contribution is -1.78. The predicted octanol–water partition coefficient (Wildman–Crippen LogP) is 2.99. The van der Waals surface area contributed by atoms with Gasteiger partial charge in [0.15, 0.2) is 0 Å². The molecule has 0 saturated heterocycles. The molecule has 0 amide bonds. The number of aliphatic imine (C=N–C) groups is 1. The van der Waals surface area contributed by atoms with Crippen LogP contribution in [0.25, 0.3) is 0 Å². The van der Waals surface area contributed by atoms with Gasteiger partial charge in [0.05, 0.1) is 0 Å². The van der Waals surface area contributed by atoms with Crippen molar-refractivity contribution in [1.29, 1.82) is 0 Å². The Bertz CT molecular complexity index is 164. The average molecular weight is 151 g/mol. The summed E-state index contributed by atoms with van der Waals surface area (Å²) < 4.78 is 0. The van der Waals surface area contributed by atoms with E-state index in [9.17, 15) is 0 Å². The van der Waals surface area contributed by atoms with Crippen LogP contribution in [0.1, 0.15) is 26.7 Å². The number of nitrogens with zero attached hydrogens (tertiary/aromatic N) is 1. The van der Waals surface area contributed by atoms with Gasteiger partial charge in [0, 0.05) is 13.3 Å². The van der Waals surface area contributed by atoms with Crippen molar-refractivity contribution in [2.75, 3.05) is 7.05 Å². The van der Waals surface area contributed by atoms with E-state index in [2.05, 4.69) is 37.1 Å². The molecule has 0 aliphatic carbocycles. The first kappa shape index (κ1) is 10.2. The summed E-state index contributed by atoms with van der Waals surface area (Å²) in [5.74, 6) is 0. The molecule has 0 spiro atoms. The Hall–Kier alpha value is -0.850. The van der Waals surface area contributed by atoms with Crippen LogP contribution in [-0.2, 0) is 0 Å². The van der Waals surface area contributed by atoms with Crippen LogP contribution in [0.15, 0.2) is 28.8 Å². The van der Waals surface area contributed by atoms with Gasteiger partial charge in [0.1, 0.15) is 0 Å². The first-order valence-corrected chi connectivity index (χ1v) is 4.14. The summed E-state index contributed by atoms with van der Waals surface area (Å²) in [6, 6.07) is 0. The Kier molecular flexibility index (Phi) is 6.70. The molecule has 0 heterocycles. The zero-order chi connectivity index (χ0) is 8.53. The molecule has 1 heteroatoms. The quantitative estimate of drug-likeness (QED) is 0.432. The van der Waals surface area contributed by atoms with Gasteiger partial charge in [-0.3, -0.25) is 4.99 Å². The van der Waals surface area contributed by atoms with Crippen LogP contribution < -0.4 is 0 Å². The van der Waals surface area contributed by atoms with Gasteiger partial charge in [0.2, 0.25) is 0 Å². The maximum absolute atomic E-state index is 3.96. The van der Waals surface area contributed by atoms with Gasteiger partial charge in [-0.05, 0) is 18.4 Å². The van der Waals surface area contributed by atoms with Gasteiger partial charge in [-0.1, -0.05) is 32.1 Å². The number of hydrogen-bond donors (Lipinski definition) is 0. The molecule has 0 aromatic heterocycles. The lowest BCUT2D eigenvalue weighted by Gasteiger charge is -1.90. The van der Waals surface area contributed by atoms with Crippen molar-refractivity contribution < 1.29 is 0 Å². The topological polar surface area (TPSA) is 12.4 Å². The molecule has 11 heavy (non-hydrogen) atoms. The van der Waals surface area contributed by atoms with Crippen molar-refractivity contribution in [2.45, 2.75) is 26.7 Å². The molecule has 0 aromatic rings. The highest BCUT2D eigenvalue weighted by Gasteiger charge is 1.82. The molecule has 0 saturated carbocycles. The minimum atomic E-state index is 1.06. The molecule has 0 rings (SSSR count). The smallest absolute Gasteiger partial charge is 0.0278 e. The van der Waals surface area contributed by atoms with E-state index in [0.717, 1.165) is 12.8 Å². The van der Waals surface area contributed by atoms with E-state index < -0.39 is 0 Å². The van der Waals surface area contributed by atoms with Gasteiger partial charge < -0.3 is 0 Å². The highest BCUT2D eigenvalue weighted by molar-refractivity contribution is 5.81. The highest BCUT2D eigenvalue weighted by atomic mass is 14.6. The van der Waals surface area contributed by atoms with E-state index in [0.29, 0.717) is 0 Å². The second kappa shape index (κ2) is 7.26. The second-order valence-electron chi connectivity index (χ2n) is 2.31. The van der Waals surface area contributed by atoms with E-state index in [-0.39, 0.29) is 0 Å². The van der Waals surface area contributed by atoms with Crippen molar-refractivity contribution in [3.05, 3.63) is 23.8 Å². The number of rotatable bonds is 4. The summed E-state index contributed by atoms with van der Waals surface area (Å²) in [5, 5.41) is 0. The molecule has 62 valence electrons. The third kappa shape index (κ3) is 5.59. The number of allylic oxidation sites excluding steroid dienone is 4. The van der Waals surface area contributed by atoms with Crippen LogP contribution >= 0.6 is 0 Å². The highest BCUT2D eigenvalue weighted by Crippen LogP contribution is 1.96.